The molecule has 4 rings (SSSR count). The highest BCUT2D eigenvalue weighted by atomic mass is 16.7. The van der Waals surface area contributed by atoms with Crippen molar-refractivity contribution < 1.29 is 28.9 Å². The van der Waals surface area contributed by atoms with Crippen LogP contribution in [0.25, 0.3) is 0 Å². The molecule has 0 aliphatic carbocycles. The lowest BCUT2D eigenvalue weighted by Gasteiger charge is -2.37. The van der Waals surface area contributed by atoms with Crippen molar-refractivity contribution in [2.24, 2.45) is 5.92 Å². The normalized spacial score (nSPS) is 20.0. The van der Waals surface area contributed by atoms with Gasteiger partial charge in [0.1, 0.15) is 6.10 Å². The first kappa shape index (κ1) is 23.7. The molecule has 3 atom stereocenters. The van der Waals surface area contributed by atoms with Crippen molar-refractivity contribution in [2.75, 3.05) is 44.2 Å². The molecule has 2 heterocycles. The van der Waals surface area contributed by atoms with E-state index in [0.717, 1.165) is 0 Å². The number of aliphatic hydroxyl groups is 1. The zero-order valence-electron chi connectivity index (χ0n) is 19.5. The molecule has 2 aromatic carbocycles. The average Bonchev–Trinajstić information content (AvgIpc) is 3.29. The Balaban J connectivity index is 1.62. The Kier molecular flexibility index (Phi) is 7.09. The maximum atomic E-state index is 13.4. The maximum Gasteiger partial charge on any atom is 0.323 e. The van der Waals surface area contributed by atoms with E-state index in [1.807, 2.05) is 14.0 Å². The van der Waals surface area contributed by atoms with Gasteiger partial charge in [0, 0.05) is 30.8 Å². The van der Waals surface area contributed by atoms with Crippen molar-refractivity contribution in [3.05, 3.63) is 42.0 Å². The second kappa shape index (κ2) is 10.2. The van der Waals surface area contributed by atoms with Gasteiger partial charge in [-0.05, 0) is 38.2 Å². The number of carbonyl (C=O) groups is 2. The summed E-state index contributed by atoms with van der Waals surface area (Å²) in [6.07, 6.45) is -0.259. The van der Waals surface area contributed by atoms with Crippen LogP contribution < -0.4 is 30.2 Å². The molecule has 0 radical (unpaired) electrons. The minimum Gasteiger partial charge on any atom is -0.486 e. The van der Waals surface area contributed by atoms with Crippen LogP contribution >= 0.6 is 0 Å². The average molecular weight is 471 g/mol. The number of nitrogens with one attached hydrogen (secondary N) is 3. The highest BCUT2D eigenvalue weighted by Gasteiger charge is 2.33. The summed E-state index contributed by atoms with van der Waals surface area (Å²) in [5.41, 5.74) is 1.23. The van der Waals surface area contributed by atoms with Gasteiger partial charge in [-0.2, -0.15) is 0 Å². The fourth-order valence-electron chi connectivity index (χ4n) is 4.05. The Labute approximate surface area is 198 Å². The molecule has 10 heteroatoms. The SMILES string of the molecule is CNC[C@@H]1Oc2c(NC(=O)Nc3ccc4c(c3)OCO4)cccc2C(=O)N([C@@H](C)CO)C[C@@H]1C. The van der Waals surface area contributed by atoms with Gasteiger partial charge in [0.15, 0.2) is 17.2 Å². The Morgan fingerprint density at radius 2 is 2.00 bits per heavy atom. The fraction of sp³-hybridized carbons (Fsp3) is 0.417. The number of fused-ring (bicyclic) bond motifs is 2. The summed E-state index contributed by atoms with van der Waals surface area (Å²) >= 11 is 0. The van der Waals surface area contributed by atoms with Gasteiger partial charge in [0.25, 0.3) is 5.91 Å². The van der Waals surface area contributed by atoms with E-state index in [2.05, 4.69) is 16.0 Å². The van der Waals surface area contributed by atoms with Gasteiger partial charge in [-0.3, -0.25) is 4.79 Å². The third-order valence-electron chi connectivity index (χ3n) is 5.98. The molecule has 182 valence electrons. The number of nitrogens with zero attached hydrogens (tertiary/aromatic N) is 1. The zero-order chi connectivity index (χ0) is 24.2. The predicted octanol–water partition coefficient (Wildman–Crippen LogP) is 2.50. The van der Waals surface area contributed by atoms with Gasteiger partial charge in [-0.1, -0.05) is 13.0 Å². The summed E-state index contributed by atoms with van der Waals surface area (Å²) in [4.78, 5) is 27.9. The lowest BCUT2D eigenvalue weighted by Crippen LogP contribution is -2.49. The van der Waals surface area contributed by atoms with Crippen LogP contribution in [0.15, 0.2) is 36.4 Å². The molecule has 0 unspecified atom stereocenters. The minimum atomic E-state index is -0.496. The monoisotopic (exact) mass is 470 g/mol. The standard InChI is InChI=1S/C24H30N4O6/c1-14-11-28(15(2)12-29)23(30)17-5-4-6-18(22(17)34-21(14)10-25-3)27-24(31)26-16-7-8-19-20(9-16)33-13-32-19/h4-9,14-15,21,25,29H,10-13H2,1-3H3,(H2,26,27,31)/t14-,15-,21-/m0/s1. The number of hydrogen-bond donors (Lipinski definition) is 4. The first-order valence-corrected chi connectivity index (χ1v) is 11.2. The number of para-hydroxylation sites is 1. The Bertz CT molecular complexity index is 1060. The molecule has 0 bridgehead atoms. The van der Waals surface area contributed by atoms with Crippen molar-refractivity contribution in [3.63, 3.8) is 0 Å². The number of rotatable bonds is 6. The van der Waals surface area contributed by atoms with Crippen LogP contribution in [0.2, 0.25) is 0 Å². The van der Waals surface area contributed by atoms with E-state index in [4.69, 9.17) is 14.2 Å². The molecule has 3 amide bonds. The largest absolute Gasteiger partial charge is 0.486 e. The third-order valence-corrected chi connectivity index (χ3v) is 5.98. The van der Waals surface area contributed by atoms with Crippen LogP contribution in [-0.2, 0) is 0 Å². The lowest BCUT2D eigenvalue weighted by atomic mass is 9.99. The van der Waals surface area contributed by atoms with Crippen molar-refractivity contribution in [1.29, 1.82) is 0 Å². The number of ether oxygens (including phenoxy) is 3. The molecule has 0 fully saturated rings. The van der Waals surface area contributed by atoms with Crippen LogP contribution in [0.3, 0.4) is 0 Å². The van der Waals surface area contributed by atoms with Crippen molar-refractivity contribution in [2.45, 2.75) is 26.0 Å². The summed E-state index contributed by atoms with van der Waals surface area (Å²) in [6, 6.07) is 9.30. The maximum absolute atomic E-state index is 13.4. The van der Waals surface area contributed by atoms with Crippen LogP contribution in [0.5, 0.6) is 17.2 Å². The number of urea groups is 1. The number of amides is 3. The molecule has 0 spiro atoms. The Hall–Kier alpha value is -3.50. The first-order valence-electron chi connectivity index (χ1n) is 11.2. The number of benzene rings is 2. The van der Waals surface area contributed by atoms with Crippen LogP contribution in [-0.4, -0.2) is 67.6 Å². The topological polar surface area (TPSA) is 121 Å². The fourth-order valence-corrected chi connectivity index (χ4v) is 4.05. The quantitative estimate of drug-likeness (QED) is 0.512. The summed E-state index contributed by atoms with van der Waals surface area (Å²) < 4.78 is 17.0. The summed E-state index contributed by atoms with van der Waals surface area (Å²) in [6.45, 7) is 4.79. The molecule has 4 N–H and O–H groups in total. The van der Waals surface area contributed by atoms with Crippen LogP contribution in [0.4, 0.5) is 16.2 Å². The van der Waals surface area contributed by atoms with E-state index < -0.39 is 6.03 Å². The van der Waals surface area contributed by atoms with E-state index in [9.17, 15) is 14.7 Å². The Morgan fingerprint density at radius 3 is 2.76 bits per heavy atom. The minimum absolute atomic E-state index is 0.0194. The molecule has 2 aromatic rings. The number of likely N-dealkylation sites (N-methyl/N-ethyl adjacent to an activating group) is 1. The second-order valence-electron chi connectivity index (χ2n) is 8.51. The highest BCUT2D eigenvalue weighted by Crippen LogP contribution is 2.36. The van der Waals surface area contributed by atoms with E-state index in [1.54, 1.807) is 48.2 Å². The van der Waals surface area contributed by atoms with E-state index in [-0.39, 0.29) is 37.4 Å². The van der Waals surface area contributed by atoms with Crippen molar-refractivity contribution >= 4 is 23.3 Å². The van der Waals surface area contributed by atoms with Gasteiger partial charge in [-0.15, -0.1) is 0 Å². The van der Waals surface area contributed by atoms with Gasteiger partial charge >= 0.3 is 6.03 Å². The summed E-state index contributed by atoms with van der Waals surface area (Å²) in [5, 5.41) is 18.4. The summed E-state index contributed by atoms with van der Waals surface area (Å²) in [5.74, 6) is 1.20. The lowest BCUT2D eigenvalue weighted by molar-refractivity contribution is 0.0417. The number of carbonyl (C=O) groups excluding carboxylic acids is 2. The molecule has 2 aliphatic rings. The molecule has 0 saturated heterocycles. The Morgan fingerprint density at radius 1 is 1.21 bits per heavy atom. The number of anilines is 2. The molecule has 0 aromatic heterocycles. The highest BCUT2D eigenvalue weighted by molar-refractivity contribution is 6.04. The molecule has 34 heavy (non-hydrogen) atoms. The summed E-state index contributed by atoms with van der Waals surface area (Å²) in [7, 11) is 1.83. The second-order valence-corrected chi connectivity index (χ2v) is 8.51. The predicted molar refractivity (Wildman–Crippen MR) is 127 cm³/mol. The van der Waals surface area contributed by atoms with Gasteiger partial charge in [0.2, 0.25) is 6.79 Å². The number of aliphatic hydroxyl groups excluding tert-OH is 1. The van der Waals surface area contributed by atoms with Gasteiger partial charge < -0.3 is 40.2 Å². The van der Waals surface area contributed by atoms with E-state index in [1.165, 1.54) is 0 Å². The van der Waals surface area contributed by atoms with Gasteiger partial charge in [-0.25, -0.2) is 4.79 Å². The molecule has 0 saturated carbocycles. The smallest absolute Gasteiger partial charge is 0.323 e. The third kappa shape index (κ3) is 4.87. The zero-order valence-corrected chi connectivity index (χ0v) is 19.5. The van der Waals surface area contributed by atoms with E-state index >= 15 is 0 Å². The van der Waals surface area contributed by atoms with Crippen LogP contribution in [0.1, 0.15) is 24.2 Å². The van der Waals surface area contributed by atoms with Crippen molar-refractivity contribution in [3.8, 4) is 17.2 Å². The van der Waals surface area contributed by atoms with Crippen LogP contribution in [0, 0.1) is 5.92 Å². The van der Waals surface area contributed by atoms with Crippen molar-refractivity contribution in [1.82, 2.24) is 10.2 Å². The first-order chi connectivity index (χ1) is 16.4. The molecular formula is C24H30N4O6. The molecule has 2 aliphatic heterocycles. The van der Waals surface area contributed by atoms with E-state index in [0.29, 0.717) is 47.3 Å². The number of hydrogen-bond acceptors (Lipinski definition) is 7. The molecule has 10 nitrogen and oxygen atoms in total. The molecular weight excluding hydrogens is 440 g/mol. The van der Waals surface area contributed by atoms with Gasteiger partial charge in [0.05, 0.1) is 23.9 Å².